The SMILES string of the molecule is CC(C)N1CCC(NC(=O)c2cccc(C(NC(=O)c3cc(C4CC4)on3)C3CCCCC3)c2)CC1. The molecule has 1 aromatic heterocycles. The van der Waals surface area contributed by atoms with E-state index in [0.717, 1.165) is 62.9 Å². The monoisotopic (exact) mass is 492 g/mol. The van der Waals surface area contributed by atoms with Crippen molar-refractivity contribution in [2.24, 2.45) is 5.92 Å². The summed E-state index contributed by atoms with van der Waals surface area (Å²) >= 11 is 0. The molecule has 36 heavy (non-hydrogen) atoms. The van der Waals surface area contributed by atoms with Crippen molar-refractivity contribution in [3.8, 4) is 0 Å². The Morgan fingerprint density at radius 2 is 1.72 bits per heavy atom. The third kappa shape index (κ3) is 6.00. The molecule has 0 spiro atoms. The van der Waals surface area contributed by atoms with Crippen molar-refractivity contribution >= 4 is 11.8 Å². The maximum absolute atomic E-state index is 13.2. The maximum atomic E-state index is 13.2. The van der Waals surface area contributed by atoms with E-state index in [2.05, 4.69) is 34.5 Å². The van der Waals surface area contributed by atoms with Crippen molar-refractivity contribution in [3.63, 3.8) is 0 Å². The van der Waals surface area contributed by atoms with Crippen LogP contribution in [0.1, 0.15) is 116 Å². The lowest BCUT2D eigenvalue weighted by atomic mass is 9.80. The van der Waals surface area contributed by atoms with E-state index < -0.39 is 0 Å². The molecule has 7 heteroatoms. The number of hydrogen-bond donors (Lipinski definition) is 2. The highest BCUT2D eigenvalue weighted by Crippen LogP contribution is 2.40. The lowest BCUT2D eigenvalue weighted by Crippen LogP contribution is -2.46. The average Bonchev–Trinajstić information content (AvgIpc) is 3.64. The van der Waals surface area contributed by atoms with Gasteiger partial charge in [-0.2, -0.15) is 0 Å². The lowest BCUT2D eigenvalue weighted by Gasteiger charge is -2.35. The molecule has 2 saturated carbocycles. The maximum Gasteiger partial charge on any atom is 0.273 e. The summed E-state index contributed by atoms with van der Waals surface area (Å²) in [7, 11) is 0. The normalized spacial score (nSPS) is 20.9. The number of nitrogens with one attached hydrogen (secondary N) is 2. The molecule has 3 fully saturated rings. The minimum absolute atomic E-state index is 0.0286. The summed E-state index contributed by atoms with van der Waals surface area (Å²) < 4.78 is 5.42. The number of hydrogen-bond acceptors (Lipinski definition) is 5. The highest BCUT2D eigenvalue weighted by atomic mass is 16.5. The van der Waals surface area contributed by atoms with Crippen molar-refractivity contribution in [1.29, 1.82) is 0 Å². The first kappa shape index (κ1) is 25.0. The van der Waals surface area contributed by atoms with Gasteiger partial charge in [0.25, 0.3) is 11.8 Å². The molecule has 1 aromatic carbocycles. The number of aromatic nitrogens is 1. The molecule has 2 N–H and O–H groups in total. The van der Waals surface area contributed by atoms with Crippen molar-refractivity contribution in [2.45, 2.75) is 95.7 Å². The minimum Gasteiger partial charge on any atom is -0.360 e. The quantitative estimate of drug-likeness (QED) is 0.528. The second kappa shape index (κ2) is 11.2. The van der Waals surface area contributed by atoms with Gasteiger partial charge < -0.3 is 20.1 Å². The Hall–Kier alpha value is -2.67. The third-order valence-corrected chi connectivity index (χ3v) is 8.25. The first-order valence-electron chi connectivity index (χ1n) is 13.9. The Kier molecular flexibility index (Phi) is 7.75. The number of carbonyl (C=O) groups is 2. The molecule has 194 valence electrons. The molecular formula is C29H40N4O3. The molecule has 2 aromatic rings. The van der Waals surface area contributed by atoms with Gasteiger partial charge in [-0.25, -0.2) is 0 Å². The summed E-state index contributed by atoms with van der Waals surface area (Å²) in [5, 5.41) is 10.5. The summed E-state index contributed by atoms with van der Waals surface area (Å²) in [5.74, 6) is 1.34. The Labute approximate surface area is 214 Å². The van der Waals surface area contributed by atoms with Crippen LogP contribution in [0.4, 0.5) is 0 Å². The van der Waals surface area contributed by atoms with Gasteiger partial charge in [-0.05, 0) is 76.0 Å². The molecule has 2 aliphatic carbocycles. The highest BCUT2D eigenvalue weighted by molar-refractivity contribution is 5.95. The number of likely N-dealkylation sites (tertiary alicyclic amines) is 1. The minimum atomic E-state index is -0.201. The van der Waals surface area contributed by atoms with Gasteiger partial charge in [-0.15, -0.1) is 0 Å². The van der Waals surface area contributed by atoms with E-state index in [0.29, 0.717) is 29.1 Å². The molecule has 2 heterocycles. The summed E-state index contributed by atoms with van der Waals surface area (Å²) in [4.78, 5) is 28.8. The van der Waals surface area contributed by atoms with E-state index in [1.165, 1.54) is 19.3 Å². The topological polar surface area (TPSA) is 87.5 Å². The molecule has 1 unspecified atom stereocenters. The number of nitrogens with zero attached hydrogens (tertiary/aromatic N) is 2. The van der Waals surface area contributed by atoms with E-state index in [-0.39, 0.29) is 23.9 Å². The van der Waals surface area contributed by atoms with E-state index in [9.17, 15) is 9.59 Å². The van der Waals surface area contributed by atoms with Gasteiger partial charge in [0.1, 0.15) is 5.76 Å². The van der Waals surface area contributed by atoms with Gasteiger partial charge in [0.05, 0.1) is 6.04 Å². The van der Waals surface area contributed by atoms with E-state index in [4.69, 9.17) is 4.52 Å². The van der Waals surface area contributed by atoms with Crippen molar-refractivity contribution < 1.29 is 14.1 Å². The Balaban J connectivity index is 1.29. The zero-order chi connectivity index (χ0) is 25.1. The fourth-order valence-electron chi connectivity index (χ4n) is 5.81. The van der Waals surface area contributed by atoms with Crippen LogP contribution in [0.15, 0.2) is 34.9 Å². The number of rotatable bonds is 8. The average molecular weight is 493 g/mol. The fourth-order valence-corrected chi connectivity index (χ4v) is 5.81. The standard InChI is InChI=1S/C29H40N4O3/c1-19(2)33-15-13-24(14-16-33)30-28(34)23-10-6-9-22(17-23)27(21-7-4-3-5-8-21)31-29(35)25-18-26(36-32-25)20-11-12-20/h6,9-10,17-21,24,27H,3-5,7-8,11-16H2,1-2H3,(H,30,34)(H,31,35). The molecule has 0 radical (unpaired) electrons. The summed E-state index contributed by atoms with van der Waals surface area (Å²) in [6.45, 7) is 6.48. The van der Waals surface area contributed by atoms with Crippen LogP contribution < -0.4 is 10.6 Å². The molecule has 1 aliphatic heterocycles. The molecule has 7 nitrogen and oxygen atoms in total. The summed E-state index contributed by atoms with van der Waals surface area (Å²) in [6.07, 6.45) is 9.88. The van der Waals surface area contributed by atoms with E-state index in [1.807, 2.05) is 24.3 Å². The number of carbonyl (C=O) groups excluding carboxylic acids is 2. The largest absolute Gasteiger partial charge is 0.360 e. The third-order valence-electron chi connectivity index (χ3n) is 8.25. The number of benzene rings is 1. The van der Waals surface area contributed by atoms with Crippen LogP contribution >= 0.6 is 0 Å². The highest BCUT2D eigenvalue weighted by Gasteiger charge is 2.31. The van der Waals surface area contributed by atoms with Gasteiger partial charge in [0, 0.05) is 42.7 Å². The number of piperidine rings is 1. The molecule has 1 atom stereocenters. The van der Waals surface area contributed by atoms with Gasteiger partial charge in [0.2, 0.25) is 0 Å². The fraction of sp³-hybridized carbons (Fsp3) is 0.621. The molecular weight excluding hydrogens is 452 g/mol. The smallest absolute Gasteiger partial charge is 0.273 e. The molecule has 2 amide bonds. The van der Waals surface area contributed by atoms with Crippen LogP contribution in [0.5, 0.6) is 0 Å². The molecule has 0 bridgehead atoms. The van der Waals surface area contributed by atoms with Gasteiger partial charge in [-0.3, -0.25) is 9.59 Å². The van der Waals surface area contributed by atoms with Crippen molar-refractivity contribution in [1.82, 2.24) is 20.7 Å². The summed E-state index contributed by atoms with van der Waals surface area (Å²) in [6, 6.07) is 10.2. The van der Waals surface area contributed by atoms with Gasteiger partial charge in [0.15, 0.2) is 5.69 Å². The number of amides is 2. The van der Waals surface area contributed by atoms with Crippen molar-refractivity contribution in [2.75, 3.05) is 13.1 Å². The van der Waals surface area contributed by atoms with Crippen LogP contribution in [-0.4, -0.2) is 47.0 Å². The van der Waals surface area contributed by atoms with Crippen LogP contribution in [0.2, 0.25) is 0 Å². The lowest BCUT2D eigenvalue weighted by molar-refractivity contribution is 0.0897. The Bertz CT molecular complexity index is 1050. The van der Waals surface area contributed by atoms with E-state index >= 15 is 0 Å². The molecule has 5 rings (SSSR count). The Morgan fingerprint density at radius 1 is 0.972 bits per heavy atom. The van der Waals surface area contributed by atoms with Crippen LogP contribution in [-0.2, 0) is 0 Å². The summed E-state index contributed by atoms with van der Waals surface area (Å²) in [5.41, 5.74) is 1.99. The van der Waals surface area contributed by atoms with E-state index in [1.54, 1.807) is 6.07 Å². The predicted molar refractivity (Wildman–Crippen MR) is 139 cm³/mol. The zero-order valence-corrected chi connectivity index (χ0v) is 21.7. The van der Waals surface area contributed by atoms with Crippen molar-refractivity contribution in [3.05, 3.63) is 52.9 Å². The van der Waals surface area contributed by atoms with Gasteiger partial charge in [-0.1, -0.05) is 36.6 Å². The van der Waals surface area contributed by atoms with Crippen LogP contribution in [0.25, 0.3) is 0 Å². The zero-order valence-electron chi connectivity index (χ0n) is 21.7. The second-order valence-electron chi connectivity index (χ2n) is 11.2. The molecule has 3 aliphatic rings. The van der Waals surface area contributed by atoms with Crippen LogP contribution in [0, 0.1) is 5.92 Å². The van der Waals surface area contributed by atoms with Crippen LogP contribution in [0.3, 0.4) is 0 Å². The second-order valence-corrected chi connectivity index (χ2v) is 11.2. The first-order chi connectivity index (χ1) is 17.5. The Morgan fingerprint density at radius 3 is 2.42 bits per heavy atom. The first-order valence-corrected chi connectivity index (χ1v) is 13.9. The van der Waals surface area contributed by atoms with Gasteiger partial charge >= 0.3 is 0 Å². The molecule has 1 saturated heterocycles. The predicted octanol–water partition coefficient (Wildman–Crippen LogP) is 5.21.